The van der Waals surface area contributed by atoms with E-state index in [9.17, 15) is 14.4 Å². The standard InChI is InChI=1S/C21H16N6O4/c1-12(28)13-2-4-15(5-3-13)27-10-16(18(26-27)19(22)29)24-20(30)17-11-31-21(25-17)14-6-8-23-9-7-14/h2-11H,1H3,(H2,22,29)(H,24,30). The van der Waals surface area contributed by atoms with E-state index >= 15 is 0 Å². The van der Waals surface area contributed by atoms with Gasteiger partial charge in [0, 0.05) is 23.5 Å². The lowest BCUT2D eigenvalue weighted by atomic mass is 10.1. The second-order valence-corrected chi connectivity index (χ2v) is 6.53. The van der Waals surface area contributed by atoms with Crippen molar-refractivity contribution < 1.29 is 18.8 Å². The minimum Gasteiger partial charge on any atom is -0.444 e. The van der Waals surface area contributed by atoms with Gasteiger partial charge in [-0.1, -0.05) is 0 Å². The number of primary amides is 1. The monoisotopic (exact) mass is 416 g/mol. The first kappa shape index (κ1) is 19.7. The van der Waals surface area contributed by atoms with E-state index in [2.05, 4.69) is 20.4 Å². The number of carbonyl (C=O) groups is 3. The fraction of sp³-hybridized carbons (Fsp3) is 0.0476. The number of aromatic nitrogens is 4. The molecular formula is C21H16N6O4. The molecule has 0 unspecified atom stereocenters. The van der Waals surface area contributed by atoms with Crippen LogP contribution in [0.1, 0.15) is 38.3 Å². The molecule has 0 saturated heterocycles. The van der Waals surface area contributed by atoms with Crippen molar-refractivity contribution in [2.24, 2.45) is 5.73 Å². The van der Waals surface area contributed by atoms with Gasteiger partial charge in [-0.25, -0.2) is 9.67 Å². The number of nitrogens with two attached hydrogens (primary N) is 1. The number of Topliss-reactive ketones (excluding diaryl/α,β-unsaturated/α-hetero) is 1. The predicted octanol–water partition coefficient (Wildman–Crippen LogP) is 2.48. The van der Waals surface area contributed by atoms with Gasteiger partial charge in [0.1, 0.15) is 6.26 Å². The van der Waals surface area contributed by atoms with E-state index < -0.39 is 11.8 Å². The lowest BCUT2D eigenvalue weighted by Crippen LogP contribution is -2.18. The summed E-state index contributed by atoms with van der Waals surface area (Å²) in [6, 6.07) is 9.99. The van der Waals surface area contributed by atoms with Gasteiger partial charge in [-0.3, -0.25) is 19.4 Å². The van der Waals surface area contributed by atoms with Gasteiger partial charge in [0.15, 0.2) is 17.2 Å². The molecule has 0 fully saturated rings. The number of amides is 2. The van der Waals surface area contributed by atoms with Crippen molar-refractivity contribution in [2.45, 2.75) is 6.92 Å². The van der Waals surface area contributed by atoms with Gasteiger partial charge in [0.2, 0.25) is 5.89 Å². The van der Waals surface area contributed by atoms with Crippen molar-refractivity contribution in [1.82, 2.24) is 19.7 Å². The summed E-state index contributed by atoms with van der Waals surface area (Å²) >= 11 is 0. The van der Waals surface area contributed by atoms with E-state index in [1.165, 1.54) is 24.1 Å². The van der Waals surface area contributed by atoms with Crippen LogP contribution in [-0.4, -0.2) is 37.3 Å². The molecule has 0 saturated carbocycles. The molecule has 10 nitrogen and oxygen atoms in total. The Bertz CT molecular complexity index is 1270. The van der Waals surface area contributed by atoms with E-state index in [1.807, 2.05) is 0 Å². The number of nitrogens with one attached hydrogen (secondary N) is 1. The average Bonchev–Trinajstić information content (AvgIpc) is 3.42. The zero-order valence-corrected chi connectivity index (χ0v) is 16.3. The number of benzene rings is 1. The van der Waals surface area contributed by atoms with Crippen molar-refractivity contribution >= 4 is 23.3 Å². The van der Waals surface area contributed by atoms with Crippen LogP contribution < -0.4 is 11.1 Å². The van der Waals surface area contributed by atoms with Crippen LogP contribution in [0.15, 0.2) is 65.7 Å². The molecule has 0 radical (unpaired) electrons. The molecule has 3 aromatic heterocycles. The zero-order valence-electron chi connectivity index (χ0n) is 16.3. The molecule has 3 N–H and O–H groups in total. The highest BCUT2D eigenvalue weighted by Gasteiger charge is 2.20. The highest BCUT2D eigenvalue weighted by molar-refractivity contribution is 6.07. The third-order valence-electron chi connectivity index (χ3n) is 4.40. The summed E-state index contributed by atoms with van der Waals surface area (Å²) < 4.78 is 6.73. The Kier molecular flexibility index (Phi) is 5.10. The minimum absolute atomic E-state index is 0.0146. The number of carbonyl (C=O) groups excluding carboxylic acids is 3. The van der Waals surface area contributed by atoms with Gasteiger partial charge in [-0.2, -0.15) is 5.10 Å². The molecule has 0 aliphatic rings. The normalized spacial score (nSPS) is 10.6. The van der Waals surface area contributed by atoms with E-state index in [4.69, 9.17) is 10.2 Å². The first-order valence-corrected chi connectivity index (χ1v) is 9.10. The number of oxazole rings is 1. The van der Waals surface area contributed by atoms with Crippen molar-refractivity contribution in [2.75, 3.05) is 5.32 Å². The molecule has 31 heavy (non-hydrogen) atoms. The Morgan fingerprint density at radius 1 is 1.06 bits per heavy atom. The Labute approximate surface area is 175 Å². The molecule has 1 aromatic carbocycles. The van der Waals surface area contributed by atoms with Gasteiger partial charge in [-0.05, 0) is 43.3 Å². The molecule has 10 heteroatoms. The topological polar surface area (TPSA) is 146 Å². The molecule has 0 atom stereocenters. The molecule has 4 aromatic rings. The van der Waals surface area contributed by atoms with Gasteiger partial charge < -0.3 is 15.5 Å². The summed E-state index contributed by atoms with van der Waals surface area (Å²) in [6.07, 6.45) is 5.82. The third kappa shape index (κ3) is 4.08. The second kappa shape index (κ2) is 8.03. The SMILES string of the molecule is CC(=O)c1ccc(-n2cc(NC(=O)c3coc(-c4ccncc4)n3)c(C(N)=O)n2)cc1. The Balaban J connectivity index is 1.59. The van der Waals surface area contributed by atoms with Crippen LogP contribution in [0.4, 0.5) is 5.69 Å². The molecule has 2 amide bonds. The first-order valence-electron chi connectivity index (χ1n) is 9.10. The van der Waals surface area contributed by atoms with Crippen LogP contribution in [0, 0.1) is 0 Å². The molecule has 0 bridgehead atoms. The van der Waals surface area contributed by atoms with E-state index in [-0.39, 0.29) is 28.7 Å². The highest BCUT2D eigenvalue weighted by atomic mass is 16.3. The lowest BCUT2D eigenvalue weighted by Gasteiger charge is -2.02. The summed E-state index contributed by atoms with van der Waals surface area (Å²) in [5, 5.41) is 6.73. The molecule has 154 valence electrons. The van der Waals surface area contributed by atoms with Gasteiger partial charge in [-0.15, -0.1) is 0 Å². The number of nitrogens with zero attached hydrogens (tertiary/aromatic N) is 4. The lowest BCUT2D eigenvalue weighted by molar-refractivity contribution is 0.0992. The summed E-state index contributed by atoms with van der Waals surface area (Å²) in [6.45, 7) is 1.46. The molecular weight excluding hydrogens is 400 g/mol. The number of anilines is 1. The van der Waals surface area contributed by atoms with Gasteiger partial charge in [0.25, 0.3) is 11.8 Å². The van der Waals surface area contributed by atoms with Crippen LogP contribution in [0.25, 0.3) is 17.1 Å². The fourth-order valence-electron chi connectivity index (χ4n) is 2.82. The second-order valence-electron chi connectivity index (χ2n) is 6.53. The van der Waals surface area contributed by atoms with Crippen molar-refractivity contribution in [3.63, 3.8) is 0 Å². The number of rotatable bonds is 6. The number of hydrogen-bond donors (Lipinski definition) is 2. The molecule has 3 heterocycles. The number of hydrogen-bond acceptors (Lipinski definition) is 7. The third-order valence-corrected chi connectivity index (χ3v) is 4.40. The van der Waals surface area contributed by atoms with Crippen LogP contribution in [0.5, 0.6) is 0 Å². The molecule has 0 aliphatic heterocycles. The summed E-state index contributed by atoms with van der Waals surface area (Å²) in [5.41, 5.74) is 7.19. The molecule has 4 rings (SSSR count). The first-order chi connectivity index (χ1) is 14.9. The van der Waals surface area contributed by atoms with Crippen molar-refractivity contribution in [1.29, 1.82) is 0 Å². The van der Waals surface area contributed by atoms with E-state index in [0.717, 1.165) is 0 Å². The Morgan fingerprint density at radius 3 is 2.42 bits per heavy atom. The van der Waals surface area contributed by atoms with Crippen LogP contribution >= 0.6 is 0 Å². The predicted molar refractivity (Wildman–Crippen MR) is 110 cm³/mol. The minimum atomic E-state index is -0.813. The van der Waals surface area contributed by atoms with Crippen LogP contribution in [0.3, 0.4) is 0 Å². The summed E-state index contributed by atoms with van der Waals surface area (Å²) in [4.78, 5) is 44.0. The van der Waals surface area contributed by atoms with Crippen LogP contribution in [0.2, 0.25) is 0 Å². The van der Waals surface area contributed by atoms with E-state index in [1.54, 1.807) is 48.8 Å². The quantitative estimate of drug-likeness (QED) is 0.459. The van der Waals surface area contributed by atoms with E-state index in [0.29, 0.717) is 16.8 Å². The largest absolute Gasteiger partial charge is 0.444 e. The summed E-state index contributed by atoms with van der Waals surface area (Å²) in [7, 11) is 0. The average molecular weight is 416 g/mol. The smallest absolute Gasteiger partial charge is 0.277 e. The maximum Gasteiger partial charge on any atom is 0.277 e. The number of ketones is 1. The van der Waals surface area contributed by atoms with Crippen molar-refractivity contribution in [3.05, 3.63) is 78.2 Å². The Hall–Kier alpha value is -4.60. The Morgan fingerprint density at radius 2 is 1.77 bits per heavy atom. The maximum absolute atomic E-state index is 12.6. The fourth-order valence-corrected chi connectivity index (χ4v) is 2.82. The summed E-state index contributed by atoms with van der Waals surface area (Å²) in [5.74, 6) is -1.23. The van der Waals surface area contributed by atoms with Crippen molar-refractivity contribution in [3.8, 4) is 17.1 Å². The van der Waals surface area contributed by atoms with Gasteiger partial charge >= 0.3 is 0 Å². The maximum atomic E-state index is 12.6. The molecule has 0 aliphatic carbocycles. The zero-order chi connectivity index (χ0) is 22.0. The number of pyridine rings is 1. The van der Waals surface area contributed by atoms with Gasteiger partial charge in [0.05, 0.1) is 17.6 Å². The molecule has 0 spiro atoms. The highest BCUT2D eigenvalue weighted by Crippen LogP contribution is 2.21. The van der Waals surface area contributed by atoms with Crippen LogP contribution in [-0.2, 0) is 0 Å².